The van der Waals surface area contributed by atoms with Crippen LogP contribution in [0.1, 0.15) is 25.6 Å². The van der Waals surface area contributed by atoms with E-state index in [0.717, 1.165) is 10.1 Å². The number of phenols is 1. The summed E-state index contributed by atoms with van der Waals surface area (Å²) in [6.07, 6.45) is 1.40. The number of halogens is 1. The second kappa shape index (κ2) is 9.72. The van der Waals surface area contributed by atoms with Crippen molar-refractivity contribution in [1.29, 1.82) is 0 Å². The van der Waals surface area contributed by atoms with E-state index < -0.39 is 11.9 Å². The number of benzene rings is 3. The van der Waals surface area contributed by atoms with Gasteiger partial charge in [-0.1, -0.05) is 41.9 Å². The van der Waals surface area contributed by atoms with Crippen LogP contribution in [0.5, 0.6) is 17.2 Å². The highest BCUT2D eigenvalue weighted by molar-refractivity contribution is 7.21. The molecule has 4 rings (SSSR count). The van der Waals surface area contributed by atoms with Crippen molar-refractivity contribution in [2.45, 2.75) is 0 Å². The van der Waals surface area contributed by atoms with Crippen molar-refractivity contribution < 1.29 is 24.2 Å². The SMILES string of the molecule is COc1cc(/C=N/NC(=O)c2ccccc2O)ccc1OC(=O)c1sc2ccccc2c1Cl. The van der Waals surface area contributed by atoms with E-state index in [1.54, 1.807) is 30.3 Å². The molecule has 0 saturated heterocycles. The van der Waals surface area contributed by atoms with Crippen molar-refractivity contribution in [2.24, 2.45) is 5.10 Å². The molecular weight excluding hydrogens is 464 g/mol. The molecule has 2 N–H and O–H groups in total. The summed E-state index contributed by atoms with van der Waals surface area (Å²) in [6, 6.07) is 18.4. The normalized spacial score (nSPS) is 11.0. The number of hydrazone groups is 1. The zero-order chi connectivity index (χ0) is 23.4. The number of para-hydroxylation sites is 1. The number of carbonyl (C=O) groups excluding carboxylic acids is 2. The third-order valence-electron chi connectivity index (χ3n) is 4.64. The molecule has 4 aromatic rings. The maximum Gasteiger partial charge on any atom is 0.355 e. The molecule has 33 heavy (non-hydrogen) atoms. The van der Waals surface area contributed by atoms with Crippen molar-refractivity contribution in [1.82, 2.24) is 5.43 Å². The Kier molecular flexibility index (Phi) is 6.58. The van der Waals surface area contributed by atoms with Gasteiger partial charge in [-0.2, -0.15) is 5.10 Å². The number of fused-ring (bicyclic) bond motifs is 1. The van der Waals surface area contributed by atoms with Gasteiger partial charge in [-0.3, -0.25) is 4.79 Å². The summed E-state index contributed by atoms with van der Waals surface area (Å²) in [5.74, 6) is -0.766. The molecule has 0 aliphatic carbocycles. The van der Waals surface area contributed by atoms with Crippen molar-refractivity contribution >= 4 is 51.1 Å². The van der Waals surface area contributed by atoms with Gasteiger partial charge in [0, 0.05) is 10.1 Å². The summed E-state index contributed by atoms with van der Waals surface area (Å²) < 4.78 is 11.7. The molecule has 1 amide bonds. The van der Waals surface area contributed by atoms with Gasteiger partial charge in [0.2, 0.25) is 0 Å². The first-order valence-corrected chi connectivity index (χ1v) is 10.9. The fourth-order valence-corrected chi connectivity index (χ4v) is 4.42. The minimum atomic E-state index is -0.587. The van der Waals surface area contributed by atoms with Gasteiger partial charge >= 0.3 is 5.97 Å². The van der Waals surface area contributed by atoms with Gasteiger partial charge in [-0.15, -0.1) is 11.3 Å². The van der Waals surface area contributed by atoms with Crippen LogP contribution in [0, 0.1) is 0 Å². The van der Waals surface area contributed by atoms with E-state index in [1.807, 2.05) is 24.3 Å². The fourth-order valence-electron chi connectivity index (χ4n) is 3.03. The number of thiophene rings is 1. The van der Waals surface area contributed by atoms with E-state index in [0.29, 0.717) is 21.2 Å². The number of amides is 1. The van der Waals surface area contributed by atoms with E-state index in [2.05, 4.69) is 10.5 Å². The van der Waals surface area contributed by atoms with Crippen LogP contribution < -0.4 is 14.9 Å². The van der Waals surface area contributed by atoms with Crippen LogP contribution in [-0.2, 0) is 0 Å². The van der Waals surface area contributed by atoms with Gasteiger partial charge in [0.1, 0.15) is 10.6 Å². The van der Waals surface area contributed by atoms with Crippen molar-refractivity contribution in [3.63, 3.8) is 0 Å². The molecule has 0 atom stereocenters. The van der Waals surface area contributed by atoms with Gasteiger partial charge in [-0.25, -0.2) is 10.2 Å². The first-order valence-electron chi connectivity index (χ1n) is 9.66. The highest BCUT2D eigenvalue weighted by atomic mass is 35.5. The Morgan fingerprint density at radius 2 is 1.82 bits per heavy atom. The number of esters is 1. The number of ether oxygens (including phenoxy) is 2. The summed E-state index contributed by atoms with van der Waals surface area (Å²) in [6.45, 7) is 0. The molecule has 9 heteroatoms. The molecule has 0 spiro atoms. The second-order valence-corrected chi connectivity index (χ2v) is 8.19. The third kappa shape index (κ3) is 4.82. The molecule has 7 nitrogen and oxygen atoms in total. The predicted molar refractivity (Wildman–Crippen MR) is 128 cm³/mol. The van der Waals surface area contributed by atoms with Crippen LogP contribution in [-0.4, -0.2) is 30.3 Å². The number of carbonyl (C=O) groups is 2. The first kappa shape index (κ1) is 22.3. The standard InChI is InChI=1S/C24H17ClN2O5S/c1-31-19-12-14(13-26-27-23(29)15-6-2-4-8-17(15)28)10-11-18(19)32-24(30)22-21(25)16-7-3-5-9-20(16)33-22/h2-13,28H,1H3,(H,27,29)/b26-13+. The highest BCUT2D eigenvalue weighted by Gasteiger charge is 2.20. The summed E-state index contributed by atoms with van der Waals surface area (Å²) in [5, 5.41) is 14.8. The number of hydrogen-bond donors (Lipinski definition) is 2. The Bertz CT molecular complexity index is 1380. The topological polar surface area (TPSA) is 97.2 Å². The summed E-state index contributed by atoms with van der Waals surface area (Å²) >= 11 is 7.62. The van der Waals surface area contributed by atoms with Crippen LogP contribution in [0.15, 0.2) is 71.8 Å². The number of nitrogens with zero attached hydrogens (tertiary/aromatic N) is 1. The third-order valence-corrected chi connectivity index (χ3v) is 6.29. The number of hydrogen-bond acceptors (Lipinski definition) is 7. The summed E-state index contributed by atoms with van der Waals surface area (Å²) in [4.78, 5) is 25.1. The minimum absolute atomic E-state index is 0.106. The number of methoxy groups -OCH3 is 1. The minimum Gasteiger partial charge on any atom is -0.507 e. The lowest BCUT2D eigenvalue weighted by molar-refractivity contribution is 0.0734. The molecule has 0 unspecified atom stereocenters. The summed E-state index contributed by atoms with van der Waals surface area (Å²) in [5.41, 5.74) is 3.04. The quantitative estimate of drug-likeness (QED) is 0.170. The lowest BCUT2D eigenvalue weighted by Gasteiger charge is -2.09. The monoisotopic (exact) mass is 480 g/mol. The van der Waals surface area contributed by atoms with Crippen LogP contribution in [0.2, 0.25) is 5.02 Å². The maximum absolute atomic E-state index is 12.7. The average molecular weight is 481 g/mol. The van der Waals surface area contributed by atoms with Crippen molar-refractivity contribution in [3.05, 3.63) is 87.8 Å². The number of rotatable bonds is 6. The van der Waals surface area contributed by atoms with E-state index >= 15 is 0 Å². The largest absolute Gasteiger partial charge is 0.507 e. The lowest BCUT2D eigenvalue weighted by atomic mass is 10.2. The number of nitrogens with one attached hydrogen (secondary N) is 1. The molecular formula is C24H17ClN2O5S. The maximum atomic E-state index is 12.7. The predicted octanol–water partition coefficient (Wildman–Crippen LogP) is 5.25. The Hall–Kier alpha value is -3.88. The van der Waals surface area contributed by atoms with Crippen LogP contribution >= 0.6 is 22.9 Å². The molecule has 1 aromatic heterocycles. The molecule has 1 heterocycles. The molecule has 0 radical (unpaired) electrons. The zero-order valence-electron chi connectivity index (χ0n) is 17.2. The molecule has 0 fully saturated rings. The van der Waals surface area contributed by atoms with Crippen LogP contribution in [0.25, 0.3) is 10.1 Å². The molecule has 3 aromatic carbocycles. The van der Waals surface area contributed by atoms with Gasteiger partial charge < -0.3 is 14.6 Å². The number of phenolic OH excluding ortho intramolecular Hbond substituents is 1. The Morgan fingerprint density at radius 1 is 1.06 bits per heavy atom. The van der Waals surface area contributed by atoms with Crippen molar-refractivity contribution in [3.8, 4) is 17.2 Å². The Morgan fingerprint density at radius 3 is 2.58 bits per heavy atom. The average Bonchev–Trinajstić information content (AvgIpc) is 3.17. The van der Waals surface area contributed by atoms with Crippen LogP contribution in [0.3, 0.4) is 0 Å². The molecule has 166 valence electrons. The Labute approximate surface area is 197 Å². The highest BCUT2D eigenvalue weighted by Crippen LogP contribution is 2.37. The van der Waals surface area contributed by atoms with Crippen molar-refractivity contribution in [2.75, 3.05) is 7.11 Å². The fraction of sp³-hybridized carbons (Fsp3) is 0.0417. The molecule has 0 aliphatic heterocycles. The smallest absolute Gasteiger partial charge is 0.355 e. The first-order chi connectivity index (χ1) is 16.0. The molecule has 0 bridgehead atoms. The summed E-state index contributed by atoms with van der Waals surface area (Å²) in [7, 11) is 1.44. The van der Waals surface area contributed by atoms with Crippen LogP contribution in [0.4, 0.5) is 0 Å². The molecule has 0 saturated carbocycles. The number of aromatic hydroxyl groups is 1. The zero-order valence-corrected chi connectivity index (χ0v) is 18.8. The van der Waals surface area contributed by atoms with Gasteiger partial charge in [0.15, 0.2) is 11.5 Å². The van der Waals surface area contributed by atoms with E-state index in [9.17, 15) is 14.7 Å². The van der Waals surface area contributed by atoms with E-state index in [4.69, 9.17) is 21.1 Å². The van der Waals surface area contributed by atoms with E-state index in [1.165, 1.54) is 36.8 Å². The molecule has 0 aliphatic rings. The van der Waals surface area contributed by atoms with Gasteiger partial charge in [-0.05, 0) is 42.0 Å². The van der Waals surface area contributed by atoms with E-state index in [-0.39, 0.29) is 17.1 Å². The lowest BCUT2D eigenvalue weighted by Crippen LogP contribution is -2.17. The van der Waals surface area contributed by atoms with Gasteiger partial charge in [0.25, 0.3) is 5.91 Å². The Balaban J connectivity index is 1.48. The second-order valence-electron chi connectivity index (χ2n) is 6.76. The van der Waals surface area contributed by atoms with Gasteiger partial charge in [0.05, 0.1) is 23.9 Å².